The second-order valence-electron chi connectivity index (χ2n) is 5.06. The first-order valence-corrected chi connectivity index (χ1v) is 6.99. The van der Waals surface area contributed by atoms with Crippen molar-refractivity contribution in [2.24, 2.45) is 5.92 Å². The average molecular weight is 265 g/mol. The number of halogens is 1. The highest BCUT2D eigenvalue weighted by molar-refractivity contribution is 5.94. The third-order valence-corrected chi connectivity index (χ3v) is 3.63. The van der Waals surface area contributed by atoms with Crippen molar-refractivity contribution in [2.75, 3.05) is 13.2 Å². The molecule has 3 nitrogen and oxygen atoms in total. The van der Waals surface area contributed by atoms with Crippen LogP contribution in [-0.4, -0.2) is 24.0 Å². The van der Waals surface area contributed by atoms with Gasteiger partial charge in [0, 0.05) is 25.8 Å². The van der Waals surface area contributed by atoms with E-state index in [1.807, 2.05) is 0 Å². The van der Waals surface area contributed by atoms with Crippen LogP contribution in [0.5, 0.6) is 0 Å². The van der Waals surface area contributed by atoms with Crippen molar-refractivity contribution in [2.45, 2.75) is 38.5 Å². The summed E-state index contributed by atoms with van der Waals surface area (Å²) in [5.41, 5.74) is -0.0198. The standard InChI is InChI=1S/C15H20FNO2/c16-13-5-3-9-17-15(13)14(18)6-2-1-4-12-7-10-19-11-8-12/h3,5,9,12H,1-2,4,6-8,10-11H2. The van der Waals surface area contributed by atoms with Crippen molar-refractivity contribution < 1.29 is 13.9 Å². The molecule has 1 fully saturated rings. The average Bonchev–Trinajstić information content (AvgIpc) is 2.45. The minimum absolute atomic E-state index is 0.0198. The summed E-state index contributed by atoms with van der Waals surface area (Å²) in [6, 6.07) is 2.78. The zero-order chi connectivity index (χ0) is 13.5. The van der Waals surface area contributed by atoms with E-state index in [0.29, 0.717) is 6.42 Å². The maximum absolute atomic E-state index is 13.3. The molecule has 4 heteroatoms. The molecule has 2 heterocycles. The highest BCUT2D eigenvalue weighted by atomic mass is 19.1. The maximum Gasteiger partial charge on any atom is 0.184 e. The van der Waals surface area contributed by atoms with Gasteiger partial charge in [0.2, 0.25) is 0 Å². The van der Waals surface area contributed by atoms with Crippen LogP contribution >= 0.6 is 0 Å². The lowest BCUT2D eigenvalue weighted by Crippen LogP contribution is -2.15. The summed E-state index contributed by atoms with van der Waals surface area (Å²) in [6.45, 7) is 1.73. The Labute approximate surface area is 113 Å². The molecular weight excluding hydrogens is 245 g/mol. The lowest BCUT2D eigenvalue weighted by atomic mass is 9.93. The number of rotatable bonds is 6. The fourth-order valence-electron chi connectivity index (χ4n) is 2.46. The Morgan fingerprint density at radius 3 is 2.89 bits per heavy atom. The second-order valence-corrected chi connectivity index (χ2v) is 5.06. The van der Waals surface area contributed by atoms with Crippen LogP contribution in [-0.2, 0) is 4.74 Å². The Morgan fingerprint density at radius 2 is 2.16 bits per heavy atom. The van der Waals surface area contributed by atoms with Gasteiger partial charge in [0.15, 0.2) is 11.6 Å². The first-order chi connectivity index (χ1) is 9.27. The molecule has 0 saturated carbocycles. The normalized spacial score (nSPS) is 16.5. The molecular formula is C15H20FNO2. The summed E-state index contributed by atoms with van der Waals surface area (Å²) in [7, 11) is 0. The molecule has 104 valence electrons. The largest absolute Gasteiger partial charge is 0.381 e. The van der Waals surface area contributed by atoms with Crippen LogP contribution in [0.25, 0.3) is 0 Å². The van der Waals surface area contributed by atoms with E-state index in [-0.39, 0.29) is 11.5 Å². The molecule has 1 aromatic heterocycles. The summed E-state index contributed by atoms with van der Waals surface area (Å²) in [5.74, 6) is 0.0254. The summed E-state index contributed by atoms with van der Waals surface area (Å²) in [6.07, 6.45) is 7.07. The van der Waals surface area contributed by atoms with E-state index in [1.54, 1.807) is 0 Å². The van der Waals surface area contributed by atoms with Gasteiger partial charge in [-0.1, -0.05) is 12.8 Å². The van der Waals surface area contributed by atoms with E-state index in [2.05, 4.69) is 4.98 Å². The molecule has 0 amide bonds. The molecule has 1 aliphatic heterocycles. The smallest absolute Gasteiger partial charge is 0.184 e. The first kappa shape index (κ1) is 14.1. The summed E-state index contributed by atoms with van der Waals surface area (Å²) >= 11 is 0. The number of ether oxygens (including phenoxy) is 1. The molecule has 0 aliphatic carbocycles. The van der Waals surface area contributed by atoms with E-state index in [9.17, 15) is 9.18 Å². The number of carbonyl (C=O) groups excluding carboxylic acids is 1. The number of ketones is 1. The minimum Gasteiger partial charge on any atom is -0.381 e. The number of aromatic nitrogens is 1. The monoisotopic (exact) mass is 265 g/mol. The van der Waals surface area contributed by atoms with Crippen molar-refractivity contribution in [3.8, 4) is 0 Å². The number of carbonyl (C=O) groups is 1. The Bertz CT molecular complexity index is 416. The van der Waals surface area contributed by atoms with Gasteiger partial charge >= 0.3 is 0 Å². The first-order valence-electron chi connectivity index (χ1n) is 6.99. The molecule has 0 radical (unpaired) electrons. The lowest BCUT2D eigenvalue weighted by molar-refractivity contribution is 0.0630. The topological polar surface area (TPSA) is 39.2 Å². The lowest BCUT2D eigenvalue weighted by Gasteiger charge is -2.21. The summed E-state index contributed by atoms with van der Waals surface area (Å²) in [4.78, 5) is 15.6. The van der Waals surface area contributed by atoms with Crippen molar-refractivity contribution in [1.82, 2.24) is 4.98 Å². The Hall–Kier alpha value is -1.29. The molecule has 0 atom stereocenters. The fourth-order valence-corrected chi connectivity index (χ4v) is 2.46. The van der Waals surface area contributed by atoms with Crippen LogP contribution in [0.15, 0.2) is 18.3 Å². The van der Waals surface area contributed by atoms with Crippen molar-refractivity contribution in [1.29, 1.82) is 0 Å². The minimum atomic E-state index is -0.517. The van der Waals surface area contributed by atoms with Gasteiger partial charge in [0.05, 0.1) is 0 Å². The van der Waals surface area contributed by atoms with Gasteiger partial charge in [0.25, 0.3) is 0 Å². The molecule has 0 bridgehead atoms. The van der Waals surface area contributed by atoms with Crippen LogP contribution in [0.2, 0.25) is 0 Å². The van der Waals surface area contributed by atoms with E-state index >= 15 is 0 Å². The number of Topliss-reactive ketones (excluding diaryl/α,β-unsaturated/α-hetero) is 1. The van der Waals surface area contributed by atoms with Gasteiger partial charge in [-0.15, -0.1) is 0 Å². The fraction of sp³-hybridized carbons (Fsp3) is 0.600. The summed E-state index contributed by atoms with van der Waals surface area (Å²) in [5, 5.41) is 0. The molecule has 19 heavy (non-hydrogen) atoms. The predicted octanol–water partition coefficient (Wildman–Crippen LogP) is 3.39. The molecule has 1 aromatic rings. The van der Waals surface area contributed by atoms with Gasteiger partial charge in [0.1, 0.15) is 5.69 Å². The van der Waals surface area contributed by atoms with Gasteiger partial charge in [-0.05, 0) is 37.3 Å². The van der Waals surface area contributed by atoms with Gasteiger partial charge < -0.3 is 4.74 Å². The molecule has 1 aliphatic rings. The predicted molar refractivity (Wildman–Crippen MR) is 70.5 cm³/mol. The van der Waals surface area contributed by atoms with Gasteiger partial charge in [-0.3, -0.25) is 9.78 Å². The Kier molecular flexibility index (Phi) is 5.45. The second kappa shape index (κ2) is 7.34. The number of hydrogen-bond acceptors (Lipinski definition) is 3. The van der Waals surface area contributed by atoms with Crippen LogP contribution in [0, 0.1) is 11.7 Å². The number of nitrogens with zero attached hydrogens (tertiary/aromatic N) is 1. The maximum atomic E-state index is 13.3. The molecule has 2 rings (SSSR count). The number of unbranched alkanes of at least 4 members (excludes halogenated alkanes) is 1. The number of hydrogen-bond donors (Lipinski definition) is 0. The molecule has 1 saturated heterocycles. The Morgan fingerprint density at radius 1 is 1.37 bits per heavy atom. The van der Waals surface area contributed by atoms with Crippen LogP contribution in [0.1, 0.15) is 49.0 Å². The highest BCUT2D eigenvalue weighted by Gasteiger charge is 2.15. The SMILES string of the molecule is O=C(CCCCC1CCOCC1)c1ncccc1F. The molecule has 0 aromatic carbocycles. The third kappa shape index (κ3) is 4.39. The zero-order valence-corrected chi connectivity index (χ0v) is 11.1. The van der Waals surface area contributed by atoms with Crippen molar-refractivity contribution in [3.63, 3.8) is 0 Å². The van der Waals surface area contributed by atoms with Gasteiger partial charge in [-0.2, -0.15) is 0 Å². The summed E-state index contributed by atoms with van der Waals surface area (Å²) < 4.78 is 18.7. The molecule has 0 N–H and O–H groups in total. The zero-order valence-electron chi connectivity index (χ0n) is 11.1. The Balaban J connectivity index is 1.68. The molecule has 0 spiro atoms. The van der Waals surface area contributed by atoms with E-state index < -0.39 is 5.82 Å². The van der Waals surface area contributed by atoms with Crippen molar-refractivity contribution >= 4 is 5.78 Å². The highest BCUT2D eigenvalue weighted by Crippen LogP contribution is 2.21. The number of pyridine rings is 1. The van der Waals surface area contributed by atoms with E-state index in [4.69, 9.17) is 4.74 Å². The molecule has 0 unspecified atom stereocenters. The van der Waals surface area contributed by atoms with E-state index in [0.717, 1.165) is 51.2 Å². The van der Waals surface area contributed by atoms with E-state index in [1.165, 1.54) is 18.3 Å². The van der Waals surface area contributed by atoms with Gasteiger partial charge in [-0.25, -0.2) is 4.39 Å². The quantitative estimate of drug-likeness (QED) is 0.584. The third-order valence-electron chi connectivity index (χ3n) is 3.63. The van der Waals surface area contributed by atoms with Crippen molar-refractivity contribution in [3.05, 3.63) is 29.8 Å². The van der Waals surface area contributed by atoms with Crippen LogP contribution in [0.4, 0.5) is 4.39 Å². The van der Waals surface area contributed by atoms with Crippen LogP contribution in [0.3, 0.4) is 0 Å². The van der Waals surface area contributed by atoms with Crippen LogP contribution < -0.4 is 0 Å².